The summed E-state index contributed by atoms with van der Waals surface area (Å²) in [5.74, 6) is -4.58. The number of aliphatic imine (C=N–C) groups is 1. The second-order valence-electron chi connectivity index (χ2n) is 10.4. The number of alkyl carbamates (subject to hydrolysis) is 1. The summed E-state index contributed by atoms with van der Waals surface area (Å²) in [7, 11) is 0. The quantitative estimate of drug-likeness (QED) is 0.0641. The number of carbonyl (C=O) groups excluding carboxylic acids is 3. The SMILES string of the molecule is CCOC(=O)NCc1ccc(CNC(=O)[C@@](N)(CCCN=C(N)N)C(=O)C(c2ccccc2)c2ccccc2)cc1.O=C(O)C(F)(F)F. The normalized spacial score (nSPS) is 12.0. The molecule has 0 bridgehead atoms. The minimum Gasteiger partial charge on any atom is -0.475 e. The van der Waals surface area contributed by atoms with Gasteiger partial charge in [-0.25, -0.2) is 9.59 Å². The maximum absolute atomic E-state index is 14.2. The van der Waals surface area contributed by atoms with Gasteiger partial charge in [0.2, 0.25) is 5.91 Å². The molecule has 15 heteroatoms. The summed E-state index contributed by atoms with van der Waals surface area (Å²) < 4.78 is 36.6. The van der Waals surface area contributed by atoms with E-state index in [0.717, 1.165) is 22.3 Å². The lowest BCUT2D eigenvalue weighted by atomic mass is 9.76. The molecule has 0 aliphatic carbocycles. The molecule has 2 amide bonds. The van der Waals surface area contributed by atoms with Gasteiger partial charge in [0.1, 0.15) is 0 Å². The summed E-state index contributed by atoms with van der Waals surface area (Å²) >= 11 is 0. The van der Waals surface area contributed by atoms with Crippen LogP contribution in [0.2, 0.25) is 0 Å². The number of carboxylic acid groups (broad SMARTS) is 1. The van der Waals surface area contributed by atoms with Crippen molar-refractivity contribution in [3.8, 4) is 0 Å². The van der Waals surface area contributed by atoms with Crippen molar-refractivity contribution in [2.24, 2.45) is 22.2 Å². The van der Waals surface area contributed by atoms with E-state index in [0.29, 0.717) is 19.6 Å². The average molecular weight is 673 g/mol. The van der Waals surface area contributed by atoms with Crippen molar-refractivity contribution < 1.29 is 42.2 Å². The van der Waals surface area contributed by atoms with E-state index in [1.165, 1.54) is 0 Å². The summed E-state index contributed by atoms with van der Waals surface area (Å²) in [6.45, 7) is 2.72. The van der Waals surface area contributed by atoms with E-state index >= 15 is 0 Å². The molecular formula is C33H39F3N6O6. The van der Waals surface area contributed by atoms with E-state index in [-0.39, 0.29) is 25.5 Å². The summed E-state index contributed by atoms with van der Waals surface area (Å²) in [5.41, 5.74) is 18.9. The molecule has 3 rings (SSSR count). The molecule has 0 radical (unpaired) electrons. The first kappa shape index (κ1) is 38.7. The number of carboxylic acids is 1. The van der Waals surface area contributed by atoms with Crippen molar-refractivity contribution >= 4 is 29.7 Å². The number of nitrogens with two attached hydrogens (primary N) is 3. The van der Waals surface area contributed by atoms with Gasteiger partial charge in [0.15, 0.2) is 17.3 Å². The monoisotopic (exact) mass is 672 g/mol. The van der Waals surface area contributed by atoms with Crippen LogP contribution in [0.5, 0.6) is 0 Å². The Balaban J connectivity index is 0.00000103. The lowest BCUT2D eigenvalue weighted by molar-refractivity contribution is -0.192. The largest absolute Gasteiger partial charge is 0.490 e. The van der Waals surface area contributed by atoms with Crippen molar-refractivity contribution in [1.82, 2.24) is 10.6 Å². The fourth-order valence-electron chi connectivity index (χ4n) is 4.43. The minimum absolute atomic E-state index is 0.0447. The Labute approximate surface area is 275 Å². The van der Waals surface area contributed by atoms with E-state index in [2.05, 4.69) is 15.6 Å². The van der Waals surface area contributed by atoms with Crippen LogP contribution in [-0.2, 0) is 32.2 Å². The van der Waals surface area contributed by atoms with E-state index in [1.54, 1.807) is 6.92 Å². The molecule has 0 aromatic heterocycles. The highest BCUT2D eigenvalue weighted by molar-refractivity contribution is 6.13. The number of guanidine groups is 1. The Morgan fingerprint density at radius 1 is 0.833 bits per heavy atom. The Bertz CT molecular complexity index is 1480. The van der Waals surface area contributed by atoms with Gasteiger partial charge >= 0.3 is 18.2 Å². The number of nitrogens with zero attached hydrogens (tertiary/aromatic N) is 1. The molecule has 0 saturated heterocycles. The van der Waals surface area contributed by atoms with Gasteiger partial charge in [-0.15, -0.1) is 0 Å². The number of amides is 2. The fourth-order valence-corrected chi connectivity index (χ4v) is 4.43. The maximum Gasteiger partial charge on any atom is 0.490 e. The Hall–Kier alpha value is -5.44. The number of hydrogen-bond acceptors (Lipinski definition) is 7. The van der Waals surface area contributed by atoms with Gasteiger partial charge < -0.3 is 37.7 Å². The number of ketones is 1. The Kier molecular flexibility index (Phi) is 15.0. The van der Waals surface area contributed by atoms with E-state index in [1.807, 2.05) is 84.9 Å². The first-order valence-electron chi connectivity index (χ1n) is 14.7. The predicted octanol–water partition coefficient (Wildman–Crippen LogP) is 3.33. The summed E-state index contributed by atoms with van der Waals surface area (Å²) in [6.07, 6.45) is -5.20. The maximum atomic E-state index is 14.2. The molecule has 48 heavy (non-hydrogen) atoms. The number of ether oxygens (including phenoxy) is 1. The molecule has 0 heterocycles. The number of hydrogen-bond donors (Lipinski definition) is 6. The molecule has 3 aromatic rings. The second kappa shape index (κ2) is 18.6. The van der Waals surface area contributed by atoms with Crippen LogP contribution in [0, 0.1) is 0 Å². The highest BCUT2D eigenvalue weighted by atomic mass is 19.4. The molecule has 0 fully saturated rings. The highest BCUT2D eigenvalue weighted by Crippen LogP contribution is 2.31. The number of nitrogens with one attached hydrogen (secondary N) is 2. The van der Waals surface area contributed by atoms with Crippen LogP contribution in [0.3, 0.4) is 0 Å². The number of Topliss-reactive ketones (excluding diaryl/α,β-unsaturated/α-hetero) is 1. The third-order valence-electron chi connectivity index (χ3n) is 6.83. The molecule has 12 nitrogen and oxygen atoms in total. The second-order valence-corrected chi connectivity index (χ2v) is 10.4. The van der Waals surface area contributed by atoms with E-state index < -0.39 is 41.4 Å². The van der Waals surface area contributed by atoms with Crippen molar-refractivity contribution in [2.75, 3.05) is 13.2 Å². The molecule has 9 N–H and O–H groups in total. The van der Waals surface area contributed by atoms with Gasteiger partial charge in [-0.05, 0) is 42.0 Å². The molecule has 0 aliphatic heterocycles. The van der Waals surface area contributed by atoms with Crippen LogP contribution in [-0.4, -0.2) is 59.7 Å². The van der Waals surface area contributed by atoms with Crippen LogP contribution in [0.4, 0.5) is 18.0 Å². The van der Waals surface area contributed by atoms with Crippen LogP contribution in [0.1, 0.15) is 47.9 Å². The van der Waals surface area contributed by atoms with E-state index in [9.17, 15) is 27.6 Å². The fraction of sp³-hybridized carbons (Fsp3) is 0.303. The van der Waals surface area contributed by atoms with Crippen LogP contribution < -0.4 is 27.8 Å². The predicted molar refractivity (Wildman–Crippen MR) is 172 cm³/mol. The van der Waals surface area contributed by atoms with Crippen molar-refractivity contribution in [3.63, 3.8) is 0 Å². The minimum atomic E-state index is -5.08. The smallest absolute Gasteiger partial charge is 0.475 e. The molecule has 3 aromatic carbocycles. The van der Waals surface area contributed by atoms with Gasteiger partial charge in [-0.3, -0.25) is 14.6 Å². The van der Waals surface area contributed by atoms with Crippen LogP contribution in [0.25, 0.3) is 0 Å². The van der Waals surface area contributed by atoms with Gasteiger partial charge in [0, 0.05) is 19.6 Å². The number of rotatable bonds is 14. The zero-order valence-electron chi connectivity index (χ0n) is 26.2. The summed E-state index contributed by atoms with van der Waals surface area (Å²) in [4.78, 5) is 52.3. The highest BCUT2D eigenvalue weighted by Gasteiger charge is 2.45. The first-order chi connectivity index (χ1) is 22.7. The zero-order chi connectivity index (χ0) is 35.7. The number of halogens is 3. The number of carbonyl (C=O) groups is 4. The zero-order valence-corrected chi connectivity index (χ0v) is 26.2. The number of aliphatic carboxylic acids is 1. The Morgan fingerprint density at radius 3 is 1.71 bits per heavy atom. The first-order valence-corrected chi connectivity index (χ1v) is 14.7. The molecule has 0 saturated carbocycles. The molecular weight excluding hydrogens is 633 g/mol. The van der Waals surface area contributed by atoms with Crippen molar-refractivity contribution in [1.29, 1.82) is 0 Å². The molecule has 1 atom stereocenters. The molecule has 0 aliphatic rings. The Morgan fingerprint density at radius 2 is 1.29 bits per heavy atom. The van der Waals surface area contributed by atoms with Gasteiger partial charge in [0.25, 0.3) is 0 Å². The molecule has 258 valence electrons. The molecule has 0 unspecified atom stereocenters. The van der Waals surface area contributed by atoms with Gasteiger partial charge in [0.05, 0.1) is 12.5 Å². The summed E-state index contributed by atoms with van der Waals surface area (Å²) in [6, 6.07) is 25.9. The molecule has 0 spiro atoms. The third kappa shape index (κ3) is 12.4. The topological polar surface area (TPSA) is 212 Å². The summed E-state index contributed by atoms with van der Waals surface area (Å²) in [5, 5.41) is 12.6. The standard InChI is InChI=1S/C31H38N6O4.C2HF3O2/c1-2-41-30(40)37-21-23-16-14-22(15-17-23)20-36-28(39)31(34,18-9-19-35-29(32)33)27(38)26(24-10-5-3-6-11-24)25-12-7-4-8-13-25;3-2(4,5)1(6)7/h3-8,10-17,26H,2,9,18-21,34H2,1H3,(H,36,39)(H,37,40)(H4,32,33,35);(H,6,7)/t31-;/m1./s1. The average Bonchev–Trinajstić information content (AvgIpc) is 3.06. The van der Waals surface area contributed by atoms with Gasteiger partial charge in [-0.1, -0.05) is 84.9 Å². The lowest BCUT2D eigenvalue weighted by Gasteiger charge is -2.31. The van der Waals surface area contributed by atoms with Gasteiger partial charge in [-0.2, -0.15) is 13.2 Å². The van der Waals surface area contributed by atoms with Crippen LogP contribution in [0.15, 0.2) is 89.9 Å². The van der Waals surface area contributed by atoms with Crippen molar-refractivity contribution in [2.45, 2.75) is 50.5 Å². The lowest BCUT2D eigenvalue weighted by Crippen LogP contribution is -2.61. The van der Waals surface area contributed by atoms with E-state index in [4.69, 9.17) is 31.8 Å². The van der Waals surface area contributed by atoms with Crippen molar-refractivity contribution in [3.05, 3.63) is 107 Å². The third-order valence-corrected chi connectivity index (χ3v) is 6.83. The number of benzene rings is 3. The van der Waals surface area contributed by atoms with Crippen LogP contribution >= 0.6 is 0 Å². The number of alkyl halides is 3.